The van der Waals surface area contributed by atoms with Crippen molar-refractivity contribution >= 4 is 11.8 Å². The van der Waals surface area contributed by atoms with Crippen LogP contribution in [0.25, 0.3) is 0 Å². The zero-order valence-corrected chi connectivity index (χ0v) is 13.2. The number of hydrogen-bond donors (Lipinski definition) is 1. The molecule has 0 aromatic carbocycles. The second kappa shape index (κ2) is 5.23. The van der Waals surface area contributed by atoms with E-state index in [1.165, 1.54) is 24.3 Å². The molecule has 1 aliphatic carbocycles. The number of aliphatic hydroxyl groups is 1. The lowest BCUT2D eigenvalue weighted by Crippen LogP contribution is -2.56. The maximum atomic E-state index is 10.9. The minimum absolute atomic E-state index is 0.118. The fraction of sp³-hybridized carbons (Fsp3) is 1.00. The van der Waals surface area contributed by atoms with Crippen LogP contribution in [-0.4, -0.2) is 34.4 Å². The van der Waals surface area contributed by atoms with Gasteiger partial charge in [0.2, 0.25) is 0 Å². The van der Waals surface area contributed by atoms with Crippen LogP contribution in [0.4, 0.5) is 0 Å². The van der Waals surface area contributed by atoms with Gasteiger partial charge in [-0.2, -0.15) is 11.8 Å². The van der Waals surface area contributed by atoms with Crippen LogP contribution in [0.1, 0.15) is 52.4 Å². The van der Waals surface area contributed by atoms with Crippen molar-refractivity contribution in [3.8, 4) is 0 Å². The molecule has 0 amide bonds. The average molecular weight is 284 g/mol. The van der Waals surface area contributed by atoms with E-state index >= 15 is 0 Å². The van der Waals surface area contributed by atoms with E-state index in [9.17, 15) is 5.11 Å². The van der Waals surface area contributed by atoms with E-state index in [2.05, 4.69) is 25.6 Å². The Hall–Kier alpha value is 0.270. The second-order valence-electron chi connectivity index (χ2n) is 7.35. The molecular formula is C16H28O2S. The van der Waals surface area contributed by atoms with Gasteiger partial charge >= 0.3 is 0 Å². The molecule has 1 N–H and O–H groups in total. The maximum absolute atomic E-state index is 10.9. The summed E-state index contributed by atoms with van der Waals surface area (Å²) in [4.78, 5) is 0. The minimum atomic E-state index is -0.365. The highest BCUT2D eigenvalue weighted by Gasteiger charge is 2.52. The first-order chi connectivity index (χ1) is 9.03. The second-order valence-corrected chi connectivity index (χ2v) is 8.57. The zero-order chi connectivity index (χ0) is 13.5. The van der Waals surface area contributed by atoms with Crippen molar-refractivity contribution in [3.05, 3.63) is 0 Å². The molecule has 2 heterocycles. The van der Waals surface area contributed by atoms with Crippen LogP contribution >= 0.6 is 11.8 Å². The molecule has 0 radical (unpaired) electrons. The summed E-state index contributed by atoms with van der Waals surface area (Å²) in [6.45, 7) is 5.44. The highest BCUT2D eigenvalue weighted by molar-refractivity contribution is 7.99. The summed E-state index contributed by atoms with van der Waals surface area (Å²) in [7, 11) is 0. The molecule has 0 bridgehead atoms. The summed E-state index contributed by atoms with van der Waals surface area (Å²) >= 11 is 2.05. The normalized spacial score (nSPS) is 42.3. The quantitative estimate of drug-likeness (QED) is 0.842. The molecule has 2 saturated heterocycles. The molecule has 19 heavy (non-hydrogen) atoms. The van der Waals surface area contributed by atoms with Crippen molar-refractivity contribution in [1.29, 1.82) is 0 Å². The van der Waals surface area contributed by atoms with Gasteiger partial charge in [0, 0.05) is 6.61 Å². The third-order valence-electron chi connectivity index (χ3n) is 5.83. The van der Waals surface area contributed by atoms with Crippen LogP contribution in [0.3, 0.4) is 0 Å². The Morgan fingerprint density at radius 3 is 2.47 bits per heavy atom. The van der Waals surface area contributed by atoms with Gasteiger partial charge in [-0.3, -0.25) is 0 Å². The first kappa shape index (κ1) is 14.2. The Balaban J connectivity index is 1.62. The van der Waals surface area contributed by atoms with Crippen molar-refractivity contribution < 1.29 is 9.84 Å². The Labute approximate surface area is 121 Å². The highest BCUT2D eigenvalue weighted by Crippen LogP contribution is 2.52. The summed E-state index contributed by atoms with van der Waals surface area (Å²) < 4.78 is 6.15. The first-order valence-corrected chi connectivity index (χ1v) is 9.13. The number of rotatable bonds is 2. The Bertz CT molecular complexity index is 311. The van der Waals surface area contributed by atoms with Crippen molar-refractivity contribution in [1.82, 2.24) is 0 Å². The van der Waals surface area contributed by atoms with Crippen molar-refractivity contribution in [2.45, 2.75) is 63.6 Å². The summed E-state index contributed by atoms with van der Waals surface area (Å²) in [6.07, 6.45) is 6.61. The van der Waals surface area contributed by atoms with Crippen LogP contribution in [0, 0.1) is 17.8 Å². The molecule has 0 aromatic heterocycles. The third kappa shape index (κ3) is 2.71. The molecule has 3 fully saturated rings. The van der Waals surface area contributed by atoms with E-state index in [4.69, 9.17) is 4.74 Å². The molecule has 1 saturated carbocycles. The molecule has 1 spiro atoms. The van der Waals surface area contributed by atoms with Crippen molar-refractivity contribution in [2.75, 3.05) is 18.1 Å². The molecule has 1 unspecified atom stereocenters. The predicted molar refractivity (Wildman–Crippen MR) is 80.5 cm³/mol. The summed E-state index contributed by atoms with van der Waals surface area (Å²) in [5.74, 6) is 4.42. The van der Waals surface area contributed by atoms with E-state index in [-0.39, 0.29) is 11.2 Å². The first-order valence-electron chi connectivity index (χ1n) is 7.97. The van der Waals surface area contributed by atoms with E-state index in [0.29, 0.717) is 5.92 Å². The van der Waals surface area contributed by atoms with Gasteiger partial charge in [-0.05, 0) is 67.8 Å². The zero-order valence-electron chi connectivity index (χ0n) is 12.4. The molecule has 3 heteroatoms. The fourth-order valence-electron chi connectivity index (χ4n) is 4.23. The predicted octanol–water partition coefficient (Wildman–Crippen LogP) is 3.48. The monoisotopic (exact) mass is 284 g/mol. The number of hydrogen-bond acceptors (Lipinski definition) is 3. The van der Waals surface area contributed by atoms with E-state index < -0.39 is 0 Å². The smallest absolute Gasteiger partial charge is 0.0702 e. The van der Waals surface area contributed by atoms with Crippen LogP contribution < -0.4 is 0 Å². The van der Waals surface area contributed by atoms with Crippen LogP contribution in [0.15, 0.2) is 0 Å². The molecule has 3 aliphatic rings. The van der Waals surface area contributed by atoms with Crippen LogP contribution in [0.5, 0.6) is 0 Å². The summed E-state index contributed by atoms with van der Waals surface area (Å²) in [6, 6.07) is 0. The maximum Gasteiger partial charge on any atom is 0.0702 e. The summed E-state index contributed by atoms with van der Waals surface area (Å²) in [5.41, 5.74) is -0.247. The van der Waals surface area contributed by atoms with Crippen LogP contribution in [-0.2, 0) is 4.74 Å². The van der Waals surface area contributed by atoms with Gasteiger partial charge in [0.05, 0.1) is 11.2 Å². The SMILES string of the molecule is CC(C)C1CC(O)(C2CCOC3(CCSCC3)C2)C1. The minimum Gasteiger partial charge on any atom is -0.390 e. The fourth-order valence-corrected chi connectivity index (χ4v) is 5.47. The van der Waals surface area contributed by atoms with Gasteiger partial charge in [-0.25, -0.2) is 0 Å². The lowest BCUT2D eigenvalue weighted by atomic mass is 9.58. The molecular weight excluding hydrogens is 256 g/mol. The standard InChI is InChI=1S/C16H28O2S/c1-12(2)13-9-16(17,10-13)14-3-6-18-15(11-14)4-7-19-8-5-15/h12-14,17H,3-11H2,1-2H3. The lowest BCUT2D eigenvalue weighted by molar-refractivity contribution is -0.187. The van der Waals surface area contributed by atoms with E-state index in [0.717, 1.165) is 44.1 Å². The Kier molecular flexibility index (Phi) is 3.92. The summed E-state index contributed by atoms with van der Waals surface area (Å²) in [5, 5.41) is 10.9. The van der Waals surface area contributed by atoms with Crippen molar-refractivity contribution in [3.63, 3.8) is 0 Å². The van der Waals surface area contributed by atoms with Gasteiger partial charge in [-0.15, -0.1) is 0 Å². The molecule has 0 aromatic rings. The highest BCUT2D eigenvalue weighted by atomic mass is 32.2. The molecule has 2 nitrogen and oxygen atoms in total. The van der Waals surface area contributed by atoms with Crippen LogP contribution in [0.2, 0.25) is 0 Å². The molecule has 3 rings (SSSR count). The number of thioether (sulfide) groups is 1. The van der Waals surface area contributed by atoms with Gasteiger partial charge in [0.25, 0.3) is 0 Å². The molecule has 1 atom stereocenters. The Morgan fingerprint density at radius 1 is 1.16 bits per heavy atom. The van der Waals surface area contributed by atoms with Gasteiger partial charge in [0.1, 0.15) is 0 Å². The van der Waals surface area contributed by atoms with Gasteiger partial charge in [-0.1, -0.05) is 13.8 Å². The molecule has 2 aliphatic heterocycles. The van der Waals surface area contributed by atoms with Crippen molar-refractivity contribution in [2.24, 2.45) is 17.8 Å². The van der Waals surface area contributed by atoms with E-state index in [1.54, 1.807) is 0 Å². The topological polar surface area (TPSA) is 29.5 Å². The molecule has 110 valence electrons. The third-order valence-corrected chi connectivity index (χ3v) is 6.82. The van der Waals surface area contributed by atoms with Gasteiger partial charge < -0.3 is 9.84 Å². The Morgan fingerprint density at radius 2 is 1.84 bits per heavy atom. The van der Waals surface area contributed by atoms with Gasteiger partial charge in [0.15, 0.2) is 0 Å². The van der Waals surface area contributed by atoms with E-state index in [1.807, 2.05) is 0 Å². The average Bonchev–Trinajstić information content (AvgIpc) is 2.35. The lowest BCUT2D eigenvalue weighted by Gasteiger charge is -2.54. The number of ether oxygens (including phenoxy) is 1. The largest absolute Gasteiger partial charge is 0.390 e.